The van der Waals surface area contributed by atoms with Crippen molar-refractivity contribution in [3.63, 3.8) is 0 Å². The molecule has 0 aliphatic rings. The number of hydrogen-bond acceptors (Lipinski definition) is 2. The van der Waals surface area contributed by atoms with Gasteiger partial charge < -0.3 is 14.2 Å². The van der Waals surface area contributed by atoms with Crippen LogP contribution in [0.3, 0.4) is 0 Å². The van der Waals surface area contributed by atoms with E-state index in [4.69, 9.17) is 4.74 Å². The Bertz CT molecular complexity index is 938. The Morgan fingerprint density at radius 1 is 1.17 bits per heavy atom. The van der Waals surface area contributed by atoms with E-state index in [-0.39, 0.29) is 0 Å². The molecular weight excluding hydrogens is 302 g/mol. The van der Waals surface area contributed by atoms with Gasteiger partial charge in [-0.3, -0.25) is 0 Å². The van der Waals surface area contributed by atoms with Gasteiger partial charge in [-0.2, -0.15) is 0 Å². The minimum absolute atomic E-state index is 0.335. The number of aromatic nitrogens is 1. The molecule has 0 atom stereocenters. The number of carbonyl (C=O) groups is 1. The fourth-order valence-electron chi connectivity index (χ4n) is 3.26. The first-order chi connectivity index (χ1) is 11.5. The first-order valence-electron chi connectivity index (χ1n) is 8.02. The van der Waals surface area contributed by atoms with Gasteiger partial charge in [0.25, 0.3) is 0 Å². The van der Waals surface area contributed by atoms with Crippen molar-refractivity contribution < 1.29 is 14.6 Å². The van der Waals surface area contributed by atoms with Gasteiger partial charge in [0.15, 0.2) is 0 Å². The van der Waals surface area contributed by atoms with Crippen LogP contribution in [0, 0.1) is 20.8 Å². The van der Waals surface area contributed by atoms with E-state index in [0.29, 0.717) is 17.7 Å². The Labute approximate surface area is 141 Å². The van der Waals surface area contributed by atoms with Crippen molar-refractivity contribution in [2.24, 2.45) is 0 Å². The van der Waals surface area contributed by atoms with Crippen LogP contribution >= 0.6 is 0 Å². The van der Waals surface area contributed by atoms with E-state index in [9.17, 15) is 9.90 Å². The lowest BCUT2D eigenvalue weighted by Crippen LogP contribution is -2.02. The smallest absolute Gasteiger partial charge is 0.338 e. The third kappa shape index (κ3) is 2.44. The molecule has 0 aliphatic carbocycles. The number of hydrogen-bond donors (Lipinski definition) is 1. The Balaban J connectivity index is 2.32. The van der Waals surface area contributed by atoms with E-state index in [1.807, 2.05) is 68.8 Å². The summed E-state index contributed by atoms with van der Waals surface area (Å²) in [4.78, 5) is 11.9. The molecule has 0 aliphatic heterocycles. The summed E-state index contributed by atoms with van der Waals surface area (Å²) in [5.74, 6) is -0.0262. The molecule has 0 radical (unpaired) electrons. The molecule has 24 heavy (non-hydrogen) atoms. The Morgan fingerprint density at radius 3 is 2.58 bits per heavy atom. The highest BCUT2D eigenvalue weighted by Crippen LogP contribution is 2.37. The van der Waals surface area contributed by atoms with Gasteiger partial charge in [-0.1, -0.05) is 6.07 Å². The lowest BCUT2D eigenvalue weighted by Gasteiger charge is -2.16. The van der Waals surface area contributed by atoms with Crippen molar-refractivity contribution in [3.05, 3.63) is 58.9 Å². The lowest BCUT2D eigenvalue weighted by atomic mass is 9.93. The van der Waals surface area contributed by atoms with Crippen molar-refractivity contribution in [1.29, 1.82) is 0 Å². The molecule has 2 heterocycles. The van der Waals surface area contributed by atoms with E-state index in [2.05, 4.69) is 0 Å². The van der Waals surface area contributed by atoms with Crippen LogP contribution in [0.5, 0.6) is 5.75 Å². The molecule has 1 aromatic carbocycles. The third-order valence-electron chi connectivity index (χ3n) is 4.50. The number of carboxylic acids is 1. The molecule has 0 spiro atoms. The first kappa shape index (κ1) is 16.1. The van der Waals surface area contributed by atoms with Gasteiger partial charge in [-0.05, 0) is 68.1 Å². The SMILES string of the molecule is CCOc1c(C)cc(-c2cn3ccccc3c2C(=O)O)c(C)c1C. The van der Waals surface area contributed by atoms with Crippen LogP contribution in [0.15, 0.2) is 36.7 Å². The zero-order valence-corrected chi connectivity index (χ0v) is 14.4. The molecule has 3 aromatic rings. The van der Waals surface area contributed by atoms with Crippen LogP contribution in [0.1, 0.15) is 34.0 Å². The maximum atomic E-state index is 11.9. The molecule has 4 heteroatoms. The molecule has 0 fully saturated rings. The number of rotatable bonds is 4. The molecule has 2 aromatic heterocycles. The van der Waals surface area contributed by atoms with E-state index < -0.39 is 5.97 Å². The number of fused-ring (bicyclic) bond motifs is 1. The predicted molar refractivity (Wildman–Crippen MR) is 95.2 cm³/mol. The van der Waals surface area contributed by atoms with E-state index >= 15 is 0 Å². The lowest BCUT2D eigenvalue weighted by molar-refractivity contribution is 0.0700. The number of nitrogens with zero attached hydrogens (tertiary/aromatic N) is 1. The fraction of sp³-hybridized carbons (Fsp3) is 0.250. The standard InChI is InChI=1S/C20H21NO3/c1-5-24-19-12(2)10-15(13(3)14(19)4)16-11-21-9-7-6-8-17(21)18(16)20(22)23/h6-11H,5H2,1-4H3,(H,22,23). The van der Waals surface area contributed by atoms with E-state index in [1.165, 1.54) is 0 Å². The number of carboxylic acid groups (broad SMARTS) is 1. The van der Waals surface area contributed by atoms with E-state index in [1.54, 1.807) is 0 Å². The van der Waals surface area contributed by atoms with Crippen LogP contribution < -0.4 is 4.74 Å². The second kappa shape index (κ2) is 6.04. The summed E-state index contributed by atoms with van der Waals surface area (Å²) < 4.78 is 7.61. The van der Waals surface area contributed by atoms with Gasteiger partial charge in [0.05, 0.1) is 17.7 Å². The largest absolute Gasteiger partial charge is 0.493 e. The number of aromatic carboxylic acids is 1. The Hall–Kier alpha value is -2.75. The fourth-order valence-corrected chi connectivity index (χ4v) is 3.26. The zero-order chi connectivity index (χ0) is 17.4. The second-order valence-corrected chi connectivity index (χ2v) is 5.97. The molecule has 3 rings (SSSR count). The van der Waals surface area contributed by atoms with Crippen LogP contribution in [0.25, 0.3) is 16.6 Å². The van der Waals surface area contributed by atoms with Gasteiger partial charge >= 0.3 is 5.97 Å². The average Bonchev–Trinajstić information content (AvgIpc) is 2.94. The van der Waals surface area contributed by atoms with Crippen molar-refractivity contribution in [3.8, 4) is 16.9 Å². The highest BCUT2D eigenvalue weighted by atomic mass is 16.5. The zero-order valence-electron chi connectivity index (χ0n) is 14.4. The summed E-state index contributed by atoms with van der Waals surface area (Å²) in [6.45, 7) is 8.60. The molecule has 1 N–H and O–H groups in total. The summed E-state index contributed by atoms with van der Waals surface area (Å²) >= 11 is 0. The number of ether oxygens (including phenoxy) is 1. The van der Waals surface area contributed by atoms with Crippen LogP contribution in [-0.4, -0.2) is 22.1 Å². The monoisotopic (exact) mass is 323 g/mol. The van der Waals surface area contributed by atoms with Crippen molar-refractivity contribution in [2.45, 2.75) is 27.7 Å². The molecule has 4 nitrogen and oxygen atoms in total. The van der Waals surface area contributed by atoms with Gasteiger partial charge in [-0.25, -0.2) is 4.79 Å². The Kier molecular flexibility index (Phi) is 4.06. The number of pyridine rings is 1. The molecule has 0 saturated heterocycles. The summed E-state index contributed by atoms with van der Waals surface area (Å²) in [5, 5.41) is 9.74. The van der Waals surface area contributed by atoms with Crippen LogP contribution in [0.4, 0.5) is 0 Å². The van der Waals surface area contributed by atoms with Gasteiger partial charge in [-0.15, -0.1) is 0 Å². The van der Waals surface area contributed by atoms with E-state index in [0.717, 1.165) is 33.6 Å². The molecule has 0 amide bonds. The van der Waals surface area contributed by atoms with Gasteiger partial charge in [0.1, 0.15) is 5.75 Å². The summed E-state index contributed by atoms with van der Waals surface area (Å²) in [5.41, 5.74) is 5.82. The quantitative estimate of drug-likeness (QED) is 0.761. The topological polar surface area (TPSA) is 50.9 Å². The minimum atomic E-state index is -0.915. The second-order valence-electron chi connectivity index (χ2n) is 5.97. The average molecular weight is 323 g/mol. The first-order valence-corrected chi connectivity index (χ1v) is 8.02. The Morgan fingerprint density at radius 2 is 1.92 bits per heavy atom. The third-order valence-corrected chi connectivity index (χ3v) is 4.50. The van der Waals surface area contributed by atoms with Crippen molar-refractivity contribution in [2.75, 3.05) is 6.61 Å². The molecule has 124 valence electrons. The summed E-state index contributed by atoms with van der Waals surface area (Å²) in [6.07, 6.45) is 3.76. The summed E-state index contributed by atoms with van der Waals surface area (Å²) in [7, 11) is 0. The summed E-state index contributed by atoms with van der Waals surface area (Å²) in [6, 6.07) is 7.60. The molecule has 0 saturated carbocycles. The molecule has 0 unspecified atom stereocenters. The maximum Gasteiger partial charge on any atom is 0.338 e. The normalized spacial score (nSPS) is 11.0. The highest BCUT2D eigenvalue weighted by molar-refractivity contribution is 6.04. The van der Waals surface area contributed by atoms with Gasteiger partial charge in [0.2, 0.25) is 0 Å². The van der Waals surface area contributed by atoms with Crippen molar-refractivity contribution in [1.82, 2.24) is 4.40 Å². The number of aryl methyl sites for hydroxylation is 1. The van der Waals surface area contributed by atoms with Crippen LogP contribution in [0.2, 0.25) is 0 Å². The van der Waals surface area contributed by atoms with Crippen molar-refractivity contribution >= 4 is 11.5 Å². The van der Waals surface area contributed by atoms with Crippen LogP contribution in [-0.2, 0) is 0 Å². The molecular formula is C20H21NO3. The number of benzene rings is 1. The van der Waals surface area contributed by atoms with Gasteiger partial charge in [0, 0.05) is 18.0 Å². The minimum Gasteiger partial charge on any atom is -0.493 e. The maximum absolute atomic E-state index is 11.9. The predicted octanol–water partition coefficient (Wildman–Crippen LogP) is 4.63. The highest BCUT2D eigenvalue weighted by Gasteiger charge is 2.21. The molecule has 0 bridgehead atoms.